The van der Waals surface area contributed by atoms with Crippen LogP contribution in [-0.2, 0) is 13.1 Å². The van der Waals surface area contributed by atoms with Crippen LogP contribution in [0.1, 0.15) is 17.5 Å². The Morgan fingerprint density at radius 1 is 1.19 bits per heavy atom. The first-order chi connectivity index (χ1) is 9.69. The third-order valence-electron chi connectivity index (χ3n) is 3.66. The van der Waals surface area contributed by atoms with Crippen molar-refractivity contribution >= 4 is 12.4 Å². The molecule has 1 saturated heterocycles. The average molecular weight is 311 g/mol. The second kappa shape index (κ2) is 7.02. The van der Waals surface area contributed by atoms with Gasteiger partial charge < -0.3 is 5.73 Å². The summed E-state index contributed by atoms with van der Waals surface area (Å²) < 4.78 is 14.7. The molecule has 1 aliphatic heterocycles. The van der Waals surface area contributed by atoms with Gasteiger partial charge in [-0.05, 0) is 24.1 Å². The lowest BCUT2D eigenvalue weighted by molar-refractivity contribution is 0.327. The summed E-state index contributed by atoms with van der Waals surface area (Å²) in [5.41, 5.74) is 8.15. The van der Waals surface area contributed by atoms with Gasteiger partial charge in [-0.2, -0.15) is 5.10 Å². The Labute approximate surface area is 130 Å². The van der Waals surface area contributed by atoms with Gasteiger partial charge in [-0.3, -0.25) is 9.58 Å². The van der Waals surface area contributed by atoms with Gasteiger partial charge in [0.15, 0.2) is 0 Å². The maximum atomic E-state index is 12.9. The molecule has 0 spiro atoms. The molecular weight excluding hydrogens is 291 g/mol. The van der Waals surface area contributed by atoms with Crippen molar-refractivity contribution in [1.82, 2.24) is 14.7 Å². The molecule has 21 heavy (non-hydrogen) atoms. The van der Waals surface area contributed by atoms with Gasteiger partial charge in [0.1, 0.15) is 5.82 Å². The van der Waals surface area contributed by atoms with Crippen molar-refractivity contribution in [3.8, 4) is 0 Å². The van der Waals surface area contributed by atoms with Crippen LogP contribution in [0.2, 0.25) is 0 Å². The highest BCUT2D eigenvalue weighted by molar-refractivity contribution is 5.85. The summed E-state index contributed by atoms with van der Waals surface area (Å²) in [5.74, 6) is -0.208. The van der Waals surface area contributed by atoms with E-state index < -0.39 is 0 Å². The van der Waals surface area contributed by atoms with E-state index in [2.05, 4.69) is 10.00 Å². The lowest BCUT2D eigenvalue weighted by Gasteiger charge is -2.13. The van der Waals surface area contributed by atoms with Gasteiger partial charge >= 0.3 is 0 Å². The minimum atomic E-state index is -0.208. The predicted molar refractivity (Wildman–Crippen MR) is 82.8 cm³/mol. The van der Waals surface area contributed by atoms with Crippen molar-refractivity contribution in [2.24, 2.45) is 5.73 Å². The molecule has 2 heterocycles. The van der Waals surface area contributed by atoms with Crippen molar-refractivity contribution < 1.29 is 4.39 Å². The zero-order valence-electron chi connectivity index (χ0n) is 11.8. The highest BCUT2D eigenvalue weighted by Gasteiger charge is 2.19. The zero-order valence-corrected chi connectivity index (χ0v) is 12.6. The summed E-state index contributed by atoms with van der Waals surface area (Å²) in [5, 5.41) is 4.36. The summed E-state index contributed by atoms with van der Waals surface area (Å²) >= 11 is 0. The highest BCUT2D eigenvalue weighted by atomic mass is 35.5. The Bertz CT molecular complexity index is 569. The lowest BCUT2D eigenvalue weighted by Crippen LogP contribution is -2.26. The number of halogens is 2. The minimum Gasteiger partial charge on any atom is -0.326 e. The number of benzene rings is 1. The molecule has 0 radical (unpaired) electrons. The fraction of sp³-hybridized carbons (Fsp3) is 0.400. The molecule has 0 aliphatic carbocycles. The lowest BCUT2D eigenvalue weighted by atomic mass is 10.2. The molecule has 2 N–H and O–H groups in total. The van der Waals surface area contributed by atoms with Gasteiger partial charge in [-0.1, -0.05) is 12.1 Å². The third-order valence-corrected chi connectivity index (χ3v) is 3.66. The molecule has 6 heteroatoms. The molecule has 1 atom stereocenters. The number of nitrogens with two attached hydrogens (primary N) is 1. The van der Waals surface area contributed by atoms with Crippen LogP contribution in [0.25, 0.3) is 0 Å². The molecule has 1 aromatic heterocycles. The van der Waals surface area contributed by atoms with Crippen LogP contribution in [0, 0.1) is 5.82 Å². The van der Waals surface area contributed by atoms with Crippen LogP contribution in [0.4, 0.5) is 4.39 Å². The van der Waals surface area contributed by atoms with Crippen LogP contribution < -0.4 is 5.73 Å². The summed E-state index contributed by atoms with van der Waals surface area (Å²) in [6.07, 6.45) is 5.02. The maximum Gasteiger partial charge on any atom is 0.123 e. The van der Waals surface area contributed by atoms with E-state index >= 15 is 0 Å². The molecule has 0 bridgehead atoms. The Balaban J connectivity index is 0.00000161. The van der Waals surface area contributed by atoms with E-state index in [0.29, 0.717) is 12.6 Å². The van der Waals surface area contributed by atoms with Crippen LogP contribution in [0.5, 0.6) is 0 Å². The highest BCUT2D eigenvalue weighted by Crippen LogP contribution is 2.12. The standard InChI is InChI=1S/C15H19FN4.ClH/c16-14-3-1-12(2-4-14)9-20-10-13(7-18-20)8-19-6-5-15(17)11-19;/h1-4,7,10,15H,5-6,8-9,11,17H2;1H/t15-;/m0./s1. The molecule has 0 unspecified atom stereocenters. The molecule has 4 nitrogen and oxygen atoms in total. The Morgan fingerprint density at radius 2 is 1.95 bits per heavy atom. The van der Waals surface area contributed by atoms with Crippen molar-refractivity contribution in [2.45, 2.75) is 25.6 Å². The average Bonchev–Trinajstić information content (AvgIpc) is 3.02. The molecular formula is C15H20ClFN4. The fourth-order valence-electron chi connectivity index (χ4n) is 2.62. The van der Waals surface area contributed by atoms with Gasteiger partial charge in [0, 0.05) is 37.4 Å². The minimum absolute atomic E-state index is 0. The third kappa shape index (κ3) is 4.27. The summed E-state index contributed by atoms with van der Waals surface area (Å²) in [6, 6.07) is 6.84. The second-order valence-electron chi connectivity index (χ2n) is 5.46. The van der Waals surface area contributed by atoms with E-state index in [1.807, 2.05) is 17.1 Å². The van der Waals surface area contributed by atoms with E-state index in [1.165, 1.54) is 17.7 Å². The molecule has 3 rings (SSSR count). The number of likely N-dealkylation sites (tertiary alicyclic amines) is 1. The SMILES string of the molecule is Cl.N[C@H]1CCN(Cc2cnn(Cc3ccc(F)cc3)c2)C1. The molecule has 1 aromatic carbocycles. The normalized spacial score (nSPS) is 18.7. The van der Waals surface area contributed by atoms with Crippen LogP contribution in [0.3, 0.4) is 0 Å². The van der Waals surface area contributed by atoms with Gasteiger partial charge in [0.25, 0.3) is 0 Å². The van der Waals surface area contributed by atoms with Gasteiger partial charge in [-0.25, -0.2) is 4.39 Å². The van der Waals surface area contributed by atoms with Crippen LogP contribution >= 0.6 is 12.4 Å². The van der Waals surface area contributed by atoms with Gasteiger partial charge in [-0.15, -0.1) is 12.4 Å². The van der Waals surface area contributed by atoms with E-state index in [1.54, 1.807) is 12.1 Å². The maximum absolute atomic E-state index is 12.9. The van der Waals surface area contributed by atoms with Crippen molar-refractivity contribution in [3.05, 3.63) is 53.6 Å². The summed E-state index contributed by atoms with van der Waals surface area (Å²) in [7, 11) is 0. The predicted octanol–water partition coefficient (Wildman–Crippen LogP) is 2.03. The first kappa shape index (κ1) is 15.9. The largest absolute Gasteiger partial charge is 0.326 e. The molecule has 0 saturated carbocycles. The Morgan fingerprint density at radius 3 is 2.62 bits per heavy atom. The van der Waals surface area contributed by atoms with E-state index in [0.717, 1.165) is 31.6 Å². The molecule has 0 amide bonds. The first-order valence-corrected chi connectivity index (χ1v) is 6.93. The van der Waals surface area contributed by atoms with E-state index in [9.17, 15) is 4.39 Å². The van der Waals surface area contributed by atoms with Crippen molar-refractivity contribution in [1.29, 1.82) is 0 Å². The topological polar surface area (TPSA) is 47.1 Å². The van der Waals surface area contributed by atoms with E-state index in [-0.39, 0.29) is 18.2 Å². The van der Waals surface area contributed by atoms with Gasteiger partial charge in [0.2, 0.25) is 0 Å². The van der Waals surface area contributed by atoms with E-state index in [4.69, 9.17) is 5.73 Å². The Hall–Kier alpha value is -1.43. The molecule has 114 valence electrons. The second-order valence-corrected chi connectivity index (χ2v) is 5.46. The first-order valence-electron chi connectivity index (χ1n) is 6.93. The monoisotopic (exact) mass is 310 g/mol. The molecule has 1 fully saturated rings. The Kier molecular flexibility index (Phi) is 5.33. The fourth-order valence-corrected chi connectivity index (χ4v) is 2.62. The smallest absolute Gasteiger partial charge is 0.123 e. The van der Waals surface area contributed by atoms with Crippen molar-refractivity contribution in [2.75, 3.05) is 13.1 Å². The summed E-state index contributed by atoms with van der Waals surface area (Å²) in [4.78, 5) is 2.35. The summed E-state index contributed by atoms with van der Waals surface area (Å²) in [6.45, 7) is 3.59. The number of nitrogens with zero attached hydrogens (tertiary/aromatic N) is 3. The zero-order chi connectivity index (χ0) is 13.9. The molecule has 2 aromatic rings. The quantitative estimate of drug-likeness (QED) is 0.940. The number of aromatic nitrogens is 2. The number of hydrogen-bond donors (Lipinski definition) is 1. The van der Waals surface area contributed by atoms with Gasteiger partial charge in [0.05, 0.1) is 12.7 Å². The van der Waals surface area contributed by atoms with Crippen molar-refractivity contribution in [3.63, 3.8) is 0 Å². The molecule has 1 aliphatic rings. The van der Waals surface area contributed by atoms with Crippen LogP contribution in [-0.4, -0.2) is 33.8 Å². The number of hydrogen-bond acceptors (Lipinski definition) is 3. The van der Waals surface area contributed by atoms with Crippen LogP contribution in [0.15, 0.2) is 36.7 Å². The number of rotatable bonds is 4.